The zero-order chi connectivity index (χ0) is 25.8. The Morgan fingerprint density at radius 2 is 1.75 bits per heavy atom. The molecule has 2 aliphatic heterocycles. The van der Waals surface area contributed by atoms with E-state index in [0.29, 0.717) is 40.9 Å². The number of ether oxygens (including phenoxy) is 2. The molecule has 9 heteroatoms. The van der Waals surface area contributed by atoms with Gasteiger partial charge in [-0.05, 0) is 56.4 Å². The number of aliphatic imine (C=N–C) groups is 1. The van der Waals surface area contributed by atoms with E-state index in [0.717, 1.165) is 36.1 Å². The molecule has 1 unspecified atom stereocenters. The summed E-state index contributed by atoms with van der Waals surface area (Å²) in [6, 6.07) is 11.1. The number of hydrogen-bond donors (Lipinski definition) is 2. The molecule has 0 aromatic heterocycles. The Kier molecular flexibility index (Phi) is 7.88. The first kappa shape index (κ1) is 25.6. The molecule has 3 N–H and O–H groups in total. The van der Waals surface area contributed by atoms with Crippen LogP contribution in [-0.4, -0.2) is 54.3 Å². The van der Waals surface area contributed by atoms with Crippen molar-refractivity contribution in [2.24, 2.45) is 10.7 Å². The standard InChI is InChI=1S/C27H32N4O4S/c1-16-9-8-10-17(2)23(16)30-26-21(27(33)31-13-6-5-7-14-31)22(28)24(36-26)25(32)29-19-15-18(34-3)11-12-20(19)35-4/h8-12,15,24H,5-7,13-14,28H2,1-4H3,(H,29,32). The minimum Gasteiger partial charge on any atom is -0.497 e. The van der Waals surface area contributed by atoms with Crippen molar-refractivity contribution >= 4 is 40.0 Å². The van der Waals surface area contributed by atoms with Crippen LogP contribution in [0.2, 0.25) is 0 Å². The van der Waals surface area contributed by atoms with Crippen LogP contribution in [0.15, 0.2) is 52.7 Å². The summed E-state index contributed by atoms with van der Waals surface area (Å²) in [7, 11) is 3.08. The number of thioether (sulfide) groups is 1. The average Bonchev–Trinajstić information content (AvgIpc) is 3.22. The molecule has 2 aromatic carbocycles. The molecule has 2 amide bonds. The summed E-state index contributed by atoms with van der Waals surface area (Å²) in [5.41, 5.74) is 10.3. The van der Waals surface area contributed by atoms with E-state index in [9.17, 15) is 9.59 Å². The molecular weight excluding hydrogens is 476 g/mol. The Balaban J connectivity index is 1.71. The van der Waals surface area contributed by atoms with Crippen LogP contribution < -0.4 is 20.5 Å². The number of carbonyl (C=O) groups is 2. The normalized spacial score (nSPS) is 18.9. The lowest BCUT2D eigenvalue weighted by Crippen LogP contribution is -2.38. The Morgan fingerprint density at radius 3 is 2.39 bits per heavy atom. The molecule has 36 heavy (non-hydrogen) atoms. The fourth-order valence-electron chi connectivity index (χ4n) is 4.43. The van der Waals surface area contributed by atoms with E-state index in [4.69, 9.17) is 20.2 Å². The van der Waals surface area contributed by atoms with E-state index in [-0.39, 0.29) is 17.5 Å². The van der Waals surface area contributed by atoms with Gasteiger partial charge in [-0.3, -0.25) is 9.59 Å². The van der Waals surface area contributed by atoms with Gasteiger partial charge in [0, 0.05) is 24.9 Å². The highest BCUT2D eigenvalue weighted by Gasteiger charge is 2.40. The van der Waals surface area contributed by atoms with Crippen molar-refractivity contribution in [1.82, 2.24) is 4.90 Å². The third-order valence-corrected chi connectivity index (χ3v) is 7.65. The van der Waals surface area contributed by atoms with Gasteiger partial charge in [0.05, 0.1) is 31.2 Å². The number of amides is 2. The van der Waals surface area contributed by atoms with E-state index in [1.165, 1.54) is 18.9 Å². The monoisotopic (exact) mass is 508 g/mol. The summed E-state index contributed by atoms with van der Waals surface area (Å²) in [6.07, 6.45) is 3.01. The second-order valence-corrected chi connectivity index (χ2v) is 9.99. The first-order valence-electron chi connectivity index (χ1n) is 12.0. The number of nitrogens with one attached hydrogen (secondary N) is 1. The Hall–Kier alpha value is -3.46. The van der Waals surface area contributed by atoms with Crippen LogP contribution in [0.1, 0.15) is 30.4 Å². The van der Waals surface area contributed by atoms with Gasteiger partial charge in [0.25, 0.3) is 5.91 Å². The minimum atomic E-state index is -0.812. The molecule has 1 fully saturated rings. The van der Waals surface area contributed by atoms with Gasteiger partial charge in [0.2, 0.25) is 5.91 Å². The number of methoxy groups -OCH3 is 2. The molecule has 190 valence electrons. The second-order valence-electron chi connectivity index (χ2n) is 8.89. The topological polar surface area (TPSA) is 106 Å². The van der Waals surface area contributed by atoms with Crippen LogP contribution in [-0.2, 0) is 9.59 Å². The number of benzene rings is 2. The zero-order valence-electron chi connectivity index (χ0n) is 21.1. The highest BCUT2D eigenvalue weighted by molar-refractivity contribution is 8.16. The molecule has 8 nitrogen and oxygen atoms in total. The molecule has 0 aliphatic carbocycles. The number of aryl methyl sites for hydroxylation is 2. The summed E-state index contributed by atoms with van der Waals surface area (Å²) >= 11 is 1.20. The molecule has 4 rings (SSSR count). The van der Waals surface area contributed by atoms with Crippen molar-refractivity contribution in [2.45, 2.75) is 38.4 Å². The predicted octanol–water partition coefficient (Wildman–Crippen LogP) is 4.33. The van der Waals surface area contributed by atoms with Crippen LogP contribution >= 0.6 is 11.8 Å². The molecule has 2 heterocycles. The fraction of sp³-hybridized carbons (Fsp3) is 0.370. The second kappa shape index (κ2) is 11.1. The predicted molar refractivity (Wildman–Crippen MR) is 144 cm³/mol. The molecule has 0 bridgehead atoms. The summed E-state index contributed by atoms with van der Waals surface area (Å²) in [5, 5.41) is 2.55. The van der Waals surface area contributed by atoms with E-state index in [1.54, 1.807) is 25.3 Å². The van der Waals surface area contributed by atoms with Crippen LogP contribution in [0.3, 0.4) is 0 Å². The summed E-state index contributed by atoms with van der Waals surface area (Å²) in [5.74, 6) is 0.536. The number of hydrogen-bond acceptors (Lipinski definition) is 7. The van der Waals surface area contributed by atoms with E-state index in [2.05, 4.69) is 5.32 Å². The fourth-order valence-corrected chi connectivity index (χ4v) is 5.53. The Bertz CT molecular complexity index is 1210. The lowest BCUT2D eigenvalue weighted by Gasteiger charge is -2.27. The van der Waals surface area contributed by atoms with Gasteiger partial charge in [-0.2, -0.15) is 0 Å². The summed E-state index contributed by atoms with van der Waals surface area (Å²) in [6.45, 7) is 5.30. The maximum Gasteiger partial charge on any atom is 0.258 e. The number of nitrogens with zero attached hydrogens (tertiary/aromatic N) is 2. The first-order chi connectivity index (χ1) is 17.3. The third-order valence-electron chi connectivity index (χ3n) is 6.43. The number of carbonyl (C=O) groups excluding carboxylic acids is 2. The van der Waals surface area contributed by atoms with Crippen molar-refractivity contribution in [3.8, 4) is 11.5 Å². The number of anilines is 1. The van der Waals surface area contributed by atoms with Gasteiger partial charge in [-0.25, -0.2) is 4.99 Å². The average molecular weight is 509 g/mol. The van der Waals surface area contributed by atoms with Crippen molar-refractivity contribution < 1.29 is 19.1 Å². The summed E-state index contributed by atoms with van der Waals surface area (Å²) < 4.78 is 10.7. The lowest BCUT2D eigenvalue weighted by molar-refractivity contribution is -0.127. The van der Waals surface area contributed by atoms with Gasteiger partial charge in [-0.1, -0.05) is 30.0 Å². The number of para-hydroxylation sites is 1. The molecule has 0 spiro atoms. The van der Waals surface area contributed by atoms with E-state index in [1.807, 2.05) is 36.9 Å². The van der Waals surface area contributed by atoms with Gasteiger partial charge in [-0.15, -0.1) is 0 Å². The van der Waals surface area contributed by atoms with Crippen molar-refractivity contribution in [3.05, 3.63) is 58.8 Å². The molecule has 0 radical (unpaired) electrons. The lowest BCUT2D eigenvalue weighted by atomic mass is 10.1. The molecular formula is C27H32N4O4S. The highest BCUT2D eigenvalue weighted by Crippen LogP contribution is 2.38. The first-order valence-corrected chi connectivity index (χ1v) is 12.9. The quantitative estimate of drug-likeness (QED) is 0.602. The van der Waals surface area contributed by atoms with Crippen molar-refractivity contribution in [3.63, 3.8) is 0 Å². The smallest absolute Gasteiger partial charge is 0.258 e. The zero-order valence-corrected chi connectivity index (χ0v) is 21.9. The Labute approximate surface area is 215 Å². The summed E-state index contributed by atoms with van der Waals surface area (Å²) in [4.78, 5) is 33.8. The Morgan fingerprint density at radius 1 is 1.06 bits per heavy atom. The largest absolute Gasteiger partial charge is 0.497 e. The molecule has 0 saturated carbocycles. The third kappa shape index (κ3) is 5.21. The number of piperidine rings is 1. The van der Waals surface area contributed by atoms with Gasteiger partial charge in [0.1, 0.15) is 21.8 Å². The molecule has 2 aromatic rings. The van der Waals surface area contributed by atoms with Crippen LogP contribution in [0, 0.1) is 13.8 Å². The molecule has 2 aliphatic rings. The minimum absolute atomic E-state index is 0.168. The van der Waals surface area contributed by atoms with E-state index >= 15 is 0 Å². The van der Waals surface area contributed by atoms with E-state index < -0.39 is 5.25 Å². The van der Waals surface area contributed by atoms with Gasteiger partial charge >= 0.3 is 0 Å². The number of likely N-dealkylation sites (tertiary alicyclic amines) is 1. The SMILES string of the molecule is COc1ccc(OC)c(NC(=O)C2SC(=Nc3c(C)cccc3C)C(C(=O)N3CCCCC3)=C2N)c1. The molecule has 1 atom stereocenters. The van der Waals surface area contributed by atoms with Crippen molar-refractivity contribution in [2.75, 3.05) is 32.6 Å². The van der Waals surface area contributed by atoms with Crippen LogP contribution in [0.5, 0.6) is 11.5 Å². The number of nitrogens with two attached hydrogens (primary N) is 1. The van der Waals surface area contributed by atoms with Crippen LogP contribution in [0.4, 0.5) is 11.4 Å². The van der Waals surface area contributed by atoms with Gasteiger partial charge < -0.3 is 25.4 Å². The highest BCUT2D eigenvalue weighted by atomic mass is 32.2. The van der Waals surface area contributed by atoms with Crippen LogP contribution in [0.25, 0.3) is 0 Å². The molecule has 1 saturated heterocycles. The van der Waals surface area contributed by atoms with Gasteiger partial charge in [0.15, 0.2) is 0 Å². The number of rotatable bonds is 6. The van der Waals surface area contributed by atoms with Crippen molar-refractivity contribution in [1.29, 1.82) is 0 Å². The maximum absolute atomic E-state index is 13.6. The maximum atomic E-state index is 13.6.